The lowest BCUT2D eigenvalue weighted by Crippen LogP contribution is -2.60. The zero-order valence-electron chi connectivity index (χ0n) is 21.7. The van der Waals surface area contributed by atoms with Crippen LogP contribution in [0.5, 0.6) is 0 Å². The van der Waals surface area contributed by atoms with E-state index in [4.69, 9.17) is 5.73 Å². The summed E-state index contributed by atoms with van der Waals surface area (Å²) in [6, 6.07) is 2.86. The number of H-pyrrole nitrogens is 1. The summed E-state index contributed by atoms with van der Waals surface area (Å²) >= 11 is 3.03. The predicted octanol–water partition coefficient (Wildman–Crippen LogP) is 0.464. The Balaban J connectivity index is 2.12. The van der Waals surface area contributed by atoms with Crippen molar-refractivity contribution in [3.8, 4) is 0 Å². The molecule has 38 heavy (non-hydrogen) atoms. The third-order valence-corrected chi connectivity index (χ3v) is 7.28. The summed E-state index contributed by atoms with van der Waals surface area (Å²) in [5.74, 6) is -2.03. The number of aliphatic carboxylic acids is 1. The lowest BCUT2D eigenvalue weighted by molar-refractivity contribution is -0.143. The van der Waals surface area contributed by atoms with E-state index in [1.54, 1.807) is 18.0 Å². The highest BCUT2D eigenvalue weighted by Gasteiger charge is 2.33. The van der Waals surface area contributed by atoms with Crippen LogP contribution >= 0.6 is 23.5 Å². The van der Waals surface area contributed by atoms with Gasteiger partial charge in [0, 0.05) is 23.5 Å². The molecule has 0 unspecified atom stereocenters. The van der Waals surface area contributed by atoms with Gasteiger partial charge in [-0.3, -0.25) is 14.4 Å². The first kappa shape index (κ1) is 31.5. The average Bonchev–Trinajstić information content (AvgIpc) is 3.29. The summed E-state index contributed by atoms with van der Waals surface area (Å²) in [5, 5.41) is 28.4. The molecular formula is C25H37N5O6S2. The molecule has 8 N–H and O–H groups in total. The number of rotatable bonds is 16. The van der Waals surface area contributed by atoms with Gasteiger partial charge in [0.2, 0.25) is 17.7 Å². The number of amides is 3. The second kappa shape index (κ2) is 15.6. The Labute approximate surface area is 230 Å². The Morgan fingerprint density at radius 1 is 0.947 bits per heavy atom. The lowest BCUT2D eigenvalue weighted by atomic mass is 10.0. The minimum absolute atomic E-state index is 0.00803. The minimum Gasteiger partial charge on any atom is -0.480 e. The van der Waals surface area contributed by atoms with Gasteiger partial charge in [-0.25, -0.2) is 4.79 Å². The van der Waals surface area contributed by atoms with Gasteiger partial charge in [0.1, 0.15) is 18.1 Å². The largest absolute Gasteiger partial charge is 0.480 e. The summed E-state index contributed by atoms with van der Waals surface area (Å²) in [7, 11) is 0. The van der Waals surface area contributed by atoms with Crippen molar-refractivity contribution in [1.82, 2.24) is 20.9 Å². The lowest BCUT2D eigenvalue weighted by Gasteiger charge is -2.26. The molecule has 1 heterocycles. The van der Waals surface area contributed by atoms with Crippen molar-refractivity contribution >= 4 is 58.1 Å². The zero-order chi connectivity index (χ0) is 28.2. The van der Waals surface area contributed by atoms with Gasteiger partial charge in [-0.1, -0.05) is 18.2 Å². The van der Waals surface area contributed by atoms with Crippen LogP contribution in [-0.4, -0.2) is 93.2 Å². The van der Waals surface area contributed by atoms with Gasteiger partial charge in [0.15, 0.2) is 0 Å². The van der Waals surface area contributed by atoms with Crippen LogP contribution in [0.25, 0.3) is 10.9 Å². The number of nitrogens with one attached hydrogen (secondary N) is 4. The standard InChI is InChI=1S/C25H37N5O6S2/c1-14(31)21(30-23(33)19(9-11-38-3)28-22(32)17(26)8-10-37-2)24(34)29-20(25(35)36)12-15-13-27-18-7-5-4-6-16(15)18/h4-7,13-14,17,19-21,27,31H,8-12,26H2,1-3H3,(H,28,32)(H,29,34)(H,30,33)(H,35,36)/t14-,17+,19+,20+,21+/m1/s1. The van der Waals surface area contributed by atoms with E-state index in [1.165, 1.54) is 18.7 Å². The molecule has 0 bridgehead atoms. The summed E-state index contributed by atoms with van der Waals surface area (Å²) in [6.07, 6.45) is 4.82. The van der Waals surface area contributed by atoms with Crippen molar-refractivity contribution in [3.05, 3.63) is 36.0 Å². The number of thioether (sulfide) groups is 2. The summed E-state index contributed by atoms with van der Waals surface area (Å²) in [4.78, 5) is 53.7. The molecule has 0 aliphatic rings. The van der Waals surface area contributed by atoms with Crippen LogP contribution in [0, 0.1) is 0 Å². The van der Waals surface area contributed by atoms with Crippen molar-refractivity contribution in [2.75, 3.05) is 24.0 Å². The van der Waals surface area contributed by atoms with E-state index in [0.717, 1.165) is 10.9 Å². The third-order valence-electron chi connectivity index (χ3n) is 5.99. The van der Waals surface area contributed by atoms with Crippen molar-refractivity contribution in [2.45, 2.75) is 56.5 Å². The topological polar surface area (TPSA) is 187 Å². The van der Waals surface area contributed by atoms with E-state index in [9.17, 15) is 29.4 Å². The molecule has 0 fully saturated rings. The number of nitrogens with two attached hydrogens (primary N) is 1. The number of fused-ring (bicyclic) bond motifs is 1. The molecule has 2 rings (SSSR count). The number of para-hydroxylation sites is 1. The Morgan fingerprint density at radius 3 is 2.21 bits per heavy atom. The van der Waals surface area contributed by atoms with Crippen LogP contribution in [0.3, 0.4) is 0 Å². The molecule has 210 valence electrons. The third kappa shape index (κ3) is 9.22. The van der Waals surface area contributed by atoms with Gasteiger partial charge in [-0.15, -0.1) is 0 Å². The fourth-order valence-corrected chi connectivity index (χ4v) is 4.76. The van der Waals surface area contributed by atoms with Gasteiger partial charge in [0.05, 0.1) is 12.1 Å². The molecule has 1 aromatic carbocycles. The minimum atomic E-state index is -1.44. The van der Waals surface area contributed by atoms with Gasteiger partial charge in [-0.05, 0) is 55.4 Å². The molecule has 13 heteroatoms. The van der Waals surface area contributed by atoms with Gasteiger partial charge in [0.25, 0.3) is 0 Å². The summed E-state index contributed by atoms with van der Waals surface area (Å²) in [6.45, 7) is 1.31. The Bertz CT molecular complexity index is 1100. The number of aromatic amines is 1. The fourth-order valence-electron chi connectivity index (χ4n) is 3.80. The quantitative estimate of drug-likeness (QED) is 0.151. The maximum absolute atomic E-state index is 13.1. The number of aromatic nitrogens is 1. The average molecular weight is 568 g/mol. The smallest absolute Gasteiger partial charge is 0.326 e. The van der Waals surface area contributed by atoms with E-state index >= 15 is 0 Å². The van der Waals surface area contributed by atoms with Crippen molar-refractivity contribution < 1.29 is 29.4 Å². The number of benzene rings is 1. The second-order valence-corrected chi connectivity index (χ2v) is 10.9. The van der Waals surface area contributed by atoms with Crippen LogP contribution in [0.15, 0.2) is 30.5 Å². The Hall–Kier alpha value is -2.74. The monoisotopic (exact) mass is 567 g/mol. The first-order valence-corrected chi connectivity index (χ1v) is 15.0. The number of carbonyl (C=O) groups excluding carboxylic acids is 3. The van der Waals surface area contributed by atoms with E-state index in [0.29, 0.717) is 23.5 Å². The number of aliphatic hydroxyl groups is 1. The Kier molecular flexibility index (Phi) is 12.9. The van der Waals surface area contributed by atoms with Crippen LogP contribution < -0.4 is 21.7 Å². The van der Waals surface area contributed by atoms with Crippen LogP contribution in [0.1, 0.15) is 25.3 Å². The molecule has 0 radical (unpaired) electrons. The molecule has 0 spiro atoms. The normalized spacial score (nSPS) is 15.2. The number of hydrogen-bond acceptors (Lipinski definition) is 8. The molecule has 0 aliphatic carbocycles. The highest BCUT2D eigenvalue weighted by Crippen LogP contribution is 2.19. The highest BCUT2D eigenvalue weighted by atomic mass is 32.2. The summed E-state index contributed by atoms with van der Waals surface area (Å²) in [5.41, 5.74) is 7.46. The van der Waals surface area contributed by atoms with E-state index in [1.807, 2.05) is 36.8 Å². The van der Waals surface area contributed by atoms with E-state index in [2.05, 4.69) is 20.9 Å². The molecule has 0 saturated carbocycles. The molecule has 3 amide bonds. The van der Waals surface area contributed by atoms with Crippen LogP contribution in [0.2, 0.25) is 0 Å². The summed E-state index contributed by atoms with van der Waals surface area (Å²) < 4.78 is 0. The SMILES string of the molecule is CSCC[C@H](NC(=O)[C@@H](N)CCSC)C(=O)N[C@H](C(=O)N[C@@H](Cc1c[nH]c2ccccc12)C(=O)O)[C@@H](C)O. The fraction of sp³-hybridized carbons (Fsp3) is 0.520. The van der Waals surface area contributed by atoms with Crippen molar-refractivity contribution in [1.29, 1.82) is 0 Å². The van der Waals surface area contributed by atoms with Crippen molar-refractivity contribution in [3.63, 3.8) is 0 Å². The first-order chi connectivity index (χ1) is 18.1. The first-order valence-electron chi connectivity index (χ1n) is 12.2. The van der Waals surface area contributed by atoms with Crippen LogP contribution in [0.4, 0.5) is 0 Å². The second-order valence-electron chi connectivity index (χ2n) is 8.92. The van der Waals surface area contributed by atoms with E-state index in [-0.39, 0.29) is 12.8 Å². The molecule has 0 saturated heterocycles. The zero-order valence-corrected chi connectivity index (χ0v) is 23.4. The molecule has 0 aliphatic heterocycles. The predicted molar refractivity (Wildman–Crippen MR) is 151 cm³/mol. The molecule has 5 atom stereocenters. The van der Waals surface area contributed by atoms with Gasteiger partial charge >= 0.3 is 5.97 Å². The number of carbonyl (C=O) groups is 4. The molecule has 2 aromatic rings. The number of aliphatic hydroxyl groups excluding tert-OH is 1. The number of carboxylic acid groups (broad SMARTS) is 1. The van der Waals surface area contributed by atoms with E-state index < -0.39 is 54.0 Å². The van der Waals surface area contributed by atoms with Gasteiger partial charge < -0.3 is 36.9 Å². The molecular weight excluding hydrogens is 530 g/mol. The number of hydrogen-bond donors (Lipinski definition) is 7. The van der Waals surface area contributed by atoms with Gasteiger partial charge in [-0.2, -0.15) is 23.5 Å². The molecule has 11 nitrogen and oxygen atoms in total. The molecule has 1 aromatic heterocycles. The van der Waals surface area contributed by atoms with Crippen molar-refractivity contribution in [2.24, 2.45) is 5.73 Å². The number of carboxylic acids is 1. The maximum Gasteiger partial charge on any atom is 0.326 e. The van der Waals surface area contributed by atoms with Crippen LogP contribution in [-0.2, 0) is 25.6 Å². The Morgan fingerprint density at radius 2 is 1.58 bits per heavy atom. The maximum atomic E-state index is 13.1. The highest BCUT2D eigenvalue weighted by molar-refractivity contribution is 7.98.